The van der Waals surface area contributed by atoms with Crippen molar-refractivity contribution < 1.29 is 18.6 Å². The minimum atomic E-state index is -3.42. The first-order valence-electron chi connectivity index (χ1n) is 7.10. The Labute approximate surface area is 122 Å². The van der Waals surface area contributed by atoms with E-state index in [4.69, 9.17) is 5.11 Å². The van der Waals surface area contributed by atoms with Crippen LogP contribution in [-0.2, 0) is 10.0 Å². The quantitative estimate of drug-likeness (QED) is 0.746. The number of rotatable bonds is 5. The normalized spacial score (nSPS) is 27.4. The highest BCUT2D eigenvalue weighted by atomic mass is 32.2. The molecule has 118 valence electrons. The Bertz CT molecular complexity index is 450. The first kappa shape index (κ1) is 17.6. The summed E-state index contributed by atoms with van der Waals surface area (Å²) in [5.41, 5.74) is 1.01. The minimum absolute atomic E-state index is 0.0497. The summed E-state index contributed by atoms with van der Waals surface area (Å²) in [4.78, 5) is 0. The van der Waals surface area contributed by atoms with Gasteiger partial charge in [-0.3, -0.25) is 0 Å². The Hall–Kier alpha value is -0.430. The standard InChI is InChI=1S/C14H27NO4S/c1-11-10-15(20(18,19)14(2,3)4)13(7-9-17)12(11)6-5-8-16/h6,11,13,16-17H,5,7-10H2,1-4H3/b12-6-/t11-,13+/m1/s1. The SMILES string of the molecule is C[C@@H]1CN(S(=O)(=O)C(C)(C)C)[C@@H](CCO)/C1=C\CCO. The van der Waals surface area contributed by atoms with Gasteiger partial charge in [0.1, 0.15) is 0 Å². The molecular formula is C14H27NO4S. The lowest BCUT2D eigenvalue weighted by Crippen LogP contribution is -2.46. The third-order valence-electron chi connectivity index (χ3n) is 3.75. The highest BCUT2D eigenvalue weighted by Crippen LogP contribution is 2.36. The molecule has 0 unspecified atom stereocenters. The van der Waals surface area contributed by atoms with Crippen molar-refractivity contribution in [2.75, 3.05) is 19.8 Å². The molecule has 0 aromatic heterocycles. The Kier molecular flexibility index (Phi) is 5.78. The average Bonchev–Trinajstić information content (AvgIpc) is 2.63. The molecule has 0 amide bonds. The van der Waals surface area contributed by atoms with E-state index < -0.39 is 14.8 Å². The first-order valence-corrected chi connectivity index (χ1v) is 8.54. The maximum absolute atomic E-state index is 12.7. The Morgan fingerprint density at radius 1 is 1.30 bits per heavy atom. The van der Waals surface area contributed by atoms with Crippen molar-refractivity contribution in [3.63, 3.8) is 0 Å². The van der Waals surface area contributed by atoms with Crippen LogP contribution in [0.15, 0.2) is 11.6 Å². The van der Waals surface area contributed by atoms with Gasteiger partial charge in [-0.15, -0.1) is 0 Å². The van der Waals surface area contributed by atoms with Crippen LogP contribution in [0.5, 0.6) is 0 Å². The molecule has 1 fully saturated rings. The van der Waals surface area contributed by atoms with Gasteiger partial charge in [-0.1, -0.05) is 18.6 Å². The van der Waals surface area contributed by atoms with Crippen LogP contribution in [0.4, 0.5) is 0 Å². The van der Waals surface area contributed by atoms with Gasteiger partial charge in [0.05, 0.1) is 4.75 Å². The van der Waals surface area contributed by atoms with Crippen molar-refractivity contribution in [3.05, 3.63) is 11.6 Å². The smallest absolute Gasteiger partial charge is 0.219 e. The van der Waals surface area contributed by atoms with Crippen LogP contribution in [0.3, 0.4) is 0 Å². The lowest BCUT2D eigenvalue weighted by atomic mass is 9.97. The van der Waals surface area contributed by atoms with Crippen LogP contribution in [0, 0.1) is 5.92 Å². The van der Waals surface area contributed by atoms with Gasteiger partial charge in [-0.05, 0) is 39.5 Å². The van der Waals surface area contributed by atoms with Gasteiger partial charge >= 0.3 is 0 Å². The summed E-state index contributed by atoms with van der Waals surface area (Å²) >= 11 is 0. The molecule has 0 bridgehead atoms. The average molecular weight is 305 g/mol. The van der Waals surface area contributed by atoms with Crippen LogP contribution < -0.4 is 0 Å². The summed E-state index contributed by atoms with van der Waals surface area (Å²) in [6.07, 6.45) is 2.84. The summed E-state index contributed by atoms with van der Waals surface area (Å²) in [6.45, 7) is 7.51. The van der Waals surface area contributed by atoms with E-state index in [1.54, 1.807) is 20.8 Å². The number of aliphatic hydroxyl groups excluding tert-OH is 2. The molecule has 5 nitrogen and oxygen atoms in total. The van der Waals surface area contributed by atoms with Crippen molar-refractivity contribution in [2.24, 2.45) is 5.92 Å². The van der Waals surface area contributed by atoms with E-state index in [-0.39, 0.29) is 25.2 Å². The van der Waals surface area contributed by atoms with Crippen LogP contribution in [0.25, 0.3) is 0 Å². The topological polar surface area (TPSA) is 77.8 Å². The third kappa shape index (κ3) is 3.42. The number of sulfonamides is 1. The van der Waals surface area contributed by atoms with E-state index in [1.807, 2.05) is 13.0 Å². The molecule has 0 aromatic carbocycles. The number of nitrogens with zero attached hydrogens (tertiary/aromatic N) is 1. The van der Waals surface area contributed by atoms with Crippen LogP contribution >= 0.6 is 0 Å². The molecule has 0 aliphatic carbocycles. The fourth-order valence-electron chi connectivity index (χ4n) is 2.62. The Morgan fingerprint density at radius 3 is 2.35 bits per heavy atom. The van der Waals surface area contributed by atoms with Crippen molar-refractivity contribution in [1.82, 2.24) is 4.31 Å². The molecule has 1 aliphatic heterocycles. The van der Waals surface area contributed by atoms with E-state index in [0.29, 0.717) is 19.4 Å². The number of hydrogen-bond donors (Lipinski definition) is 2. The zero-order valence-corrected chi connectivity index (χ0v) is 13.7. The Morgan fingerprint density at radius 2 is 1.90 bits per heavy atom. The Balaban J connectivity index is 3.16. The lowest BCUT2D eigenvalue weighted by molar-refractivity contribution is 0.254. The van der Waals surface area contributed by atoms with Gasteiger partial charge < -0.3 is 10.2 Å². The van der Waals surface area contributed by atoms with Crippen LogP contribution in [0.1, 0.15) is 40.5 Å². The van der Waals surface area contributed by atoms with Gasteiger partial charge in [0.2, 0.25) is 10.0 Å². The largest absolute Gasteiger partial charge is 0.396 e. The van der Waals surface area contributed by atoms with Gasteiger partial charge in [-0.2, -0.15) is 4.31 Å². The maximum Gasteiger partial charge on any atom is 0.219 e. The summed E-state index contributed by atoms with van der Waals surface area (Å²) in [5, 5.41) is 18.2. The van der Waals surface area contributed by atoms with Gasteiger partial charge in [0, 0.05) is 25.8 Å². The monoisotopic (exact) mass is 305 g/mol. The summed E-state index contributed by atoms with van der Waals surface area (Å²) in [5.74, 6) is 0.121. The highest BCUT2D eigenvalue weighted by Gasteiger charge is 2.45. The number of aliphatic hydroxyl groups is 2. The predicted octanol–water partition coefficient (Wildman–Crippen LogP) is 1.13. The molecule has 1 rings (SSSR count). The molecule has 1 saturated heterocycles. The van der Waals surface area contributed by atoms with E-state index in [9.17, 15) is 13.5 Å². The van der Waals surface area contributed by atoms with E-state index >= 15 is 0 Å². The van der Waals surface area contributed by atoms with Crippen LogP contribution in [-0.4, -0.2) is 53.5 Å². The van der Waals surface area contributed by atoms with E-state index in [1.165, 1.54) is 4.31 Å². The summed E-state index contributed by atoms with van der Waals surface area (Å²) in [7, 11) is -3.42. The predicted molar refractivity (Wildman–Crippen MR) is 79.8 cm³/mol. The molecule has 0 saturated carbocycles. The van der Waals surface area contributed by atoms with Crippen LogP contribution in [0.2, 0.25) is 0 Å². The van der Waals surface area contributed by atoms with E-state index in [0.717, 1.165) is 5.57 Å². The molecule has 6 heteroatoms. The highest BCUT2D eigenvalue weighted by molar-refractivity contribution is 7.90. The molecule has 0 radical (unpaired) electrons. The van der Waals surface area contributed by atoms with Gasteiger partial charge in [-0.25, -0.2) is 8.42 Å². The lowest BCUT2D eigenvalue weighted by Gasteiger charge is -2.31. The molecule has 2 atom stereocenters. The van der Waals surface area contributed by atoms with Crippen molar-refractivity contribution in [2.45, 2.75) is 51.3 Å². The maximum atomic E-state index is 12.7. The molecule has 20 heavy (non-hydrogen) atoms. The second kappa shape index (κ2) is 6.56. The molecule has 2 N–H and O–H groups in total. The number of hydrogen-bond acceptors (Lipinski definition) is 4. The molecule has 1 heterocycles. The zero-order valence-electron chi connectivity index (χ0n) is 12.8. The summed E-state index contributed by atoms with van der Waals surface area (Å²) in [6, 6.07) is -0.286. The third-order valence-corrected chi connectivity index (χ3v) is 6.32. The van der Waals surface area contributed by atoms with Gasteiger partial charge in [0.15, 0.2) is 0 Å². The minimum Gasteiger partial charge on any atom is -0.396 e. The van der Waals surface area contributed by atoms with E-state index in [2.05, 4.69) is 0 Å². The zero-order chi connectivity index (χ0) is 15.6. The molecule has 1 aliphatic rings. The second-order valence-electron chi connectivity index (χ2n) is 6.33. The van der Waals surface area contributed by atoms with Crippen molar-refractivity contribution >= 4 is 10.0 Å². The second-order valence-corrected chi connectivity index (χ2v) is 8.98. The summed E-state index contributed by atoms with van der Waals surface area (Å²) < 4.78 is 26.0. The fourth-order valence-corrected chi connectivity index (χ4v) is 4.30. The fraction of sp³-hybridized carbons (Fsp3) is 0.857. The van der Waals surface area contributed by atoms with Crippen molar-refractivity contribution in [3.8, 4) is 0 Å². The van der Waals surface area contributed by atoms with Gasteiger partial charge in [0.25, 0.3) is 0 Å². The molecular weight excluding hydrogens is 278 g/mol. The molecule has 0 aromatic rings. The van der Waals surface area contributed by atoms with Crippen molar-refractivity contribution in [1.29, 1.82) is 0 Å². The molecule has 0 spiro atoms. The first-order chi connectivity index (χ1) is 9.16.